The van der Waals surface area contributed by atoms with Gasteiger partial charge in [-0.3, -0.25) is 9.97 Å². The van der Waals surface area contributed by atoms with Gasteiger partial charge in [-0.15, -0.1) is 0 Å². The second kappa shape index (κ2) is 6.37. The number of hydrogen-bond donors (Lipinski definition) is 2. The second-order valence-electron chi connectivity index (χ2n) is 3.67. The molecule has 4 N–H and O–H groups in total. The maximum atomic E-state index is 5.99. The van der Waals surface area contributed by atoms with E-state index in [0.717, 1.165) is 21.8 Å². The first kappa shape index (κ1) is 14.3. The average molecular weight is 476 g/mol. The summed E-state index contributed by atoms with van der Waals surface area (Å²) < 4.78 is 0. The Labute approximate surface area is 126 Å². The molecular weight excluding hydrogens is 466 g/mol. The van der Waals surface area contributed by atoms with E-state index in [2.05, 4.69) is 9.97 Å². The minimum absolute atomic E-state index is 0.472. The summed E-state index contributed by atoms with van der Waals surface area (Å²) in [4.78, 5) is 8.63. The van der Waals surface area contributed by atoms with Gasteiger partial charge in [0, 0.05) is 23.2 Å². The minimum atomic E-state index is -0.472. The topological polar surface area (TPSA) is 77.8 Å². The summed E-state index contributed by atoms with van der Waals surface area (Å²) >= 11 is -0.472. The van der Waals surface area contributed by atoms with E-state index in [1.54, 1.807) is 12.4 Å². The normalized spacial score (nSPS) is 10.4. The van der Waals surface area contributed by atoms with Crippen molar-refractivity contribution < 1.29 is 16.5 Å². The molecule has 2 heterocycles. The van der Waals surface area contributed by atoms with Crippen LogP contribution in [-0.4, -0.2) is 9.97 Å². The number of pyridine rings is 2. The fourth-order valence-corrected chi connectivity index (χ4v) is 1.91. The molecule has 0 amide bonds. The van der Waals surface area contributed by atoms with Crippen molar-refractivity contribution in [2.24, 2.45) is 0 Å². The van der Waals surface area contributed by atoms with Crippen molar-refractivity contribution in [3.8, 4) is 0 Å². The molecule has 2 aromatic heterocycles. The number of halogens is 2. The van der Waals surface area contributed by atoms with E-state index in [9.17, 15) is 0 Å². The number of benzene rings is 1. The van der Waals surface area contributed by atoms with Crippen LogP contribution in [0.15, 0.2) is 36.7 Å². The molecule has 0 bridgehead atoms. The molecule has 4 nitrogen and oxygen atoms in total. The number of nitrogen functional groups attached to an aromatic ring is 2. The van der Waals surface area contributed by atoms with Gasteiger partial charge in [-0.2, -0.15) is 0 Å². The third-order valence-corrected chi connectivity index (χ3v) is 2.71. The Morgan fingerprint density at radius 1 is 0.842 bits per heavy atom. The fourth-order valence-electron chi connectivity index (χ4n) is 1.91. The number of anilines is 2. The Morgan fingerprint density at radius 2 is 1.21 bits per heavy atom. The molecule has 3 rings (SSSR count). The van der Waals surface area contributed by atoms with Crippen molar-refractivity contribution >= 4 is 52.0 Å². The van der Waals surface area contributed by atoms with Gasteiger partial charge in [0.15, 0.2) is 0 Å². The van der Waals surface area contributed by atoms with Crippen LogP contribution in [0.3, 0.4) is 0 Å². The monoisotopic (exact) mass is 475 g/mol. The predicted octanol–water partition coefficient (Wildman–Crippen LogP) is 3.32. The van der Waals surface area contributed by atoms with E-state index in [4.69, 9.17) is 30.3 Å². The SMILES string of the molecule is Nc1c(N)c2cccnc2c2ncccc12.[Cl][Pt][Cl]. The van der Waals surface area contributed by atoms with Crippen LogP contribution in [0.2, 0.25) is 0 Å². The number of rotatable bonds is 0. The Kier molecular flexibility index (Phi) is 4.80. The van der Waals surface area contributed by atoms with Crippen molar-refractivity contribution in [3.05, 3.63) is 36.7 Å². The predicted molar refractivity (Wildman–Crippen MR) is 77.6 cm³/mol. The molecule has 0 saturated heterocycles. The summed E-state index contributed by atoms with van der Waals surface area (Å²) in [5.41, 5.74) is 14.7. The number of nitrogens with zero attached hydrogens (tertiary/aromatic N) is 2. The van der Waals surface area contributed by atoms with Gasteiger partial charge in [-0.25, -0.2) is 0 Å². The number of hydrogen-bond acceptors (Lipinski definition) is 4. The molecule has 0 aliphatic heterocycles. The van der Waals surface area contributed by atoms with Crippen LogP contribution in [0.1, 0.15) is 0 Å². The van der Waals surface area contributed by atoms with Gasteiger partial charge in [-0.1, -0.05) is 0 Å². The second-order valence-corrected chi connectivity index (χ2v) is 6.95. The summed E-state index contributed by atoms with van der Waals surface area (Å²) in [6.45, 7) is 0. The maximum absolute atomic E-state index is 5.99. The summed E-state index contributed by atoms with van der Waals surface area (Å²) in [7, 11) is 9.75. The summed E-state index contributed by atoms with van der Waals surface area (Å²) in [5.74, 6) is 0. The molecule has 0 aliphatic carbocycles. The first-order valence-corrected chi connectivity index (χ1v) is 10.8. The first-order chi connectivity index (χ1) is 9.20. The number of fused-ring (bicyclic) bond motifs is 3. The molecule has 0 atom stereocenters. The standard InChI is InChI=1S/C12H10N4.2ClH.Pt/c13-9-7-3-1-5-15-11(7)12-8(10(9)14)4-2-6-16-12;;;/h1-6H,13-14H2;2*1H;/q;;;+2/p-2. The van der Waals surface area contributed by atoms with Gasteiger partial charge in [0.2, 0.25) is 0 Å². The number of aromatic nitrogens is 2. The van der Waals surface area contributed by atoms with Crippen LogP contribution in [-0.2, 0) is 16.5 Å². The van der Waals surface area contributed by atoms with Gasteiger partial charge in [0.1, 0.15) is 0 Å². The number of nitrogens with two attached hydrogens (primary N) is 2. The molecular formula is C12H10Cl2N4Pt. The summed E-state index contributed by atoms with van der Waals surface area (Å²) in [6, 6.07) is 7.49. The third-order valence-electron chi connectivity index (χ3n) is 2.71. The molecule has 7 heteroatoms. The average Bonchev–Trinajstić information content (AvgIpc) is 2.46. The quantitative estimate of drug-likeness (QED) is 0.297. The molecule has 0 spiro atoms. The molecule has 102 valence electrons. The zero-order valence-corrected chi connectivity index (χ0v) is 13.4. The van der Waals surface area contributed by atoms with Gasteiger partial charge in [0.25, 0.3) is 0 Å². The van der Waals surface area contributed by atoms with Gasteiger partial charge >= 0.3 is 35.3 Å². The molecule has 0 fully saturated rings. The van der Waals surface area contributed by atoms with E-state index in [-0.39, 0.29) is 0 Å². The molecule has 1 aromatic carbocycles. The van der Waals surface area contributed by atoms with Gasteiger partial charge in [0.05, 0.1) is 22.4 Å². The van der Waals surface area contributed by atoms with Gasteiger partial charge in [-0.05, 0) is 24.3 Å². The summed E-state index contributed by atoms with van der Waals surface area (Å²) in [6.07, 6.45) is 3.46. The van der Waals surface area contributed by atoms with E-state index < -0.39 is 16.5 Å². The van der Waals surface area contributed by atoms with E-state index in [0.29, 0.717) is 11.4 Å². The van der Waals surface area contributed by atoms with Crippen LogP contribution >= 0.6 is 18.8 Å². The summed E-state index contributed by atoms with van der Waals surface area (Å²) in [5, 5.41) is 1.71. The van der Waals surface area contributed by atoms with Crippen molar-refractivity contribution in [2.45, 2.75) is 0 Å². The van der Waals surface area contributed by atoms with Crippen LogP contribution < -0.4 is 11.5 Å². The Balaban J connectivity index is 0.000000408. The first-order valence-electron chi connectivity index (χ1n) is 5.19. The van der Waals surface area contributed by atoms with Crippen LogP contribution in [0.25, 0.3) is 21.8 Å². The van der Waals surface area contributed by atoms with Crippen molar-refractivity contribution in [3.63, 3.8) is 0 Å². The molecule has 0 unspecified atom stereocenters. The molecule has 0 aliphatic rings. The van der Waals surface area contributed by atoms with Crippen LogP contribution in [0, 0.1) is 0 Å². The molecule has 0 radical (unpaired) electrons. The van der Waals surface area contributed by atoms with Crippen molar-refractivity contribution in [1.29, 1.82) is 0 Å². The molecule has 3 aromatic rings. The third kappa shape index (κ3) is 2.76. The molecule has 19 heavy (non-hydrogen) atoms. The molecule has 0 saturated carbocycles. The zero-order chi connectivity index (χ0) is 13.8. The fraction of sp³-hybridized carbons (Fsp3) is 0. The van der Waals surface area contributed by atoms with Crippen molar-refractivity contribution in [1.82, 2.24) is 9.97 Å². The van der Waals surface area contributed by atoms with Crippen LogP contribution in [0.5, 0.6) is 0 Å². The zero-order valence-electron chi connectivity index (χ0n) is 9.59. The van der Waals surface area contributed by atoms with Gasteiger partial charge < -0.3 is 11.5 Å². The van der Waals surface area contributed by atoms with E-state index in [1.807, 2.05) is 24.3 Å². The Bertz CT molecular complexity index is 660. The Hall–Kier alpha value is -1.09. The van der Waals surface area contributed by atoms with Crippen molar-refractivity contribution in [2.75, 3.05) is 11.5 Å². The Morgan fingerprint density at radius 3 is 1.58 bits per heavy atom. The van der Waals surface area contributed by atoms with E-state index >= 15 is 0 Å². The van der Waals surface area contributed by atoms with Crippen LogP contribution in [0.4, 0.5) is 11.4 Å². The van der Waals surface area contributed by atoms with E-state index in [1.165, 1.54) is 0 Å².